The summed E-state index contributed by atoms with van der Waals surface area (Å²) < 4.78 is 23.2. The Kier molecular flexibility index (Phi) is 9.96. The predicted molar refractivity (Wildman–Crippen MR) is 162 cm³/mol. The van der Waals surface area contributed by atoms with Gasteiger partial charge in [0.25, 0.3) is 5.91 Å². The number of benzene rings is 2. The van der Waals surface area contributed by atoms with Crippen LogP contribution >= 0.6 is 0 Å². The molecular weight excluding hydrogens is 536 g/mol. The fourth-order valence-corrected chi connectivity index (χ4v) is 5.00. The number of aromatic hydroxyl groups is 1. The Labute approximate surface area is 248 Å². The maximum atomic E-state index is 13.1. The third kappa shape index (κ3) is 8.14. The third-order valence-electron chi connectivity index (χ3n) is 7.42. The van der Waals surface area contributed by atoms with E-state index < -0.39 is 5.60 Å². The maximum absolute atomic E-state index is 13.1. The van der Waals surface area contributed by atoms with Crippen LogP contribution in [0.1, 0.15) is 48.2 Å². The van der Waals surface area contributed by atoms with E-state index >= 15 is 0 Å². The molecule has 1 N–H and O–H groups in total. The summed E-state index contributed by atoms with van der Waals surface area (Å²) in [5.74, 6) is 1.11. The van der Waals surface area contributed by atoms with Crippen molar-refractivity contribution >= 4 is 23.8 Å². The zero-order valence-corrected chi connectivity index (χ0v) is 25.4. The third-order valence-corrected chi connectivity index (χ3v) is 7.42. The van der Waals surface area contributed by atoms with Crippen molar-refractivity contribution in [3.63, 3.8) is 0 Å². The minimum absolute atomic E-state index is 0.0904. The van der Waals surface area contributed by atoms with Gasteiger partial charge in [-0.25, -0.2) is 0 Å². The van der Waals surface area contributed by atoms with Crippen LogP contribution in [-0.4, -0.2) is 99.0 Å². The zero-order valence-electron chi connectivity index (χ0n) is 25.4. The number of unbranched alkanes of at least 4 members (excludes halogenated alkanes) is 1. The van der Waals surface area contributed by atoms with Gasteiger partial charge in [0.1, 0.15) is 34.2 Å². The highest BCUT2D eigenvalue weighted by molar-refractivity contribution is 6.11. The Balaban J connectivity index is 1.25. The van der Waals surface area contributed by atoms with Gasteiger partial charge in [-0.1, -0.05) is 18.2 Å². The zero-order chi connectivity index (χ0) is 30.3. The van der Waals surface area contributed by atoms with E-state index in [9.17, 15) is 14.7 Å². The van der Waals surface area contributed by atoms with E-state index in [1.54, 1.807) is 18.2 Å². The van der Waals surface area contributed by atoms with Crippen molar-refractivity contribution in [3.8, 4) is 23.0 Å². The first-order chi connectivity index (χ1) is 20.0. The van der Waals surface area contributed by atoms with Gasteiger partial charge < -0.3 is 33.4 Å². The van der Waals surface area contributed by atoms with E-state index in [0.717, 1.165) is 30.7 Å². The first-order valence-electron chi connectivity index (χ1n) is 14.4. The van der Waals surface area contributed by atoms with Gasteiger partial charge in [-0.05, 0) is 62.6 Å². The van der Waals surface area contributed by atoms with Gasteiger partial charge in [-0.15, -0.1) is 0 Å². The number of likely N-dealkylation sites (N-methyl/N-ethyl adjacent to an activating group) is 1. The quantitative estimate of drug-likeness (QED) is 0.170. The van der Waals surface area contributed by atoms with Gasteiger partial charge in [-0.3, -0.25) is 9.59 Å². The molecule has 0 aliphatic carbocycles. The topological polar surface area (TPSA) is 94.5 Å². The Morgan fingerprint density at radius 2 is 1.83 bits per heavy atom. The normalized spacial score (nSPS) is 16.2. The standard InChI is InChI=1S/C33H42N2O7/c1-33(2)15-14-26-28(42-33)22-29(39-5)31(32(26)38)27(36)13-10-24-8-11-25(12-9-24)41-19-7-6-18-35(3,4)23-30(37)34-16-20-40-21-17-34/h8-15,22H,6-7,16-21,23H2,1-5H3/p+1/b13-10+. The number of ketones is 1. The fraction of sp³-hybridized carbons (Fsp3) is 0.455. The van der Waals surface area contributed by atoms with Gasteiger partial charge in [-0.2, -0.15) is 0 Å². The average Bonchev–Trinajstić information content (AvgIpc) is 2.95. The largest absolute Gasteiger partial charge is 0.506 e. The summed E-state index contributed by atoms with van der Waals surface area (Å²) >= 11 is 0. The molecule has 1 fully saturated rings. The fourth-order valence-electron chi connectivity index (χ4n) is 5.00. The van der Waals surface area contributed by atoms with Crippen molar-refractivity contribution in [2.24, 2.45) is 0 Å². The second kappa shape index (κ2) is 13.4. The molecule has 2 heterocycles. The Morgan fingerprint density at radius 3 is 2.52 bits per heavy atom. The summed E-state index contributed by atoms with van der Waals surface area (Å²) in [6, 6.07) is 9.12. The van der Waals surface area contributed by atoms with Crippen LogP contribution in [0.4, 0.5) is 0 Å². The monoisotopic (exact) mass is 579 g/mol. The van der Waals surface area contributed by atoms with Gasteiger partial charge in [0.05, 0.1) is 53.1 Å². The number of hydrogen-bond donors (Lipinski definition) is 1. The molecule has 2 aliphatic heterocycles. The number of phenolic OH excluding ortho intramolecular Hbond substituents is 1. The van der Waals surface area contributed by atoms with Crippen LogP contribution in [0.25, 0.3) is 12.2 Å². The number of amides is 1. The van der Waals surface area contributed by atoms with Crippen molar-refractivity contribution in [1.82, 2.24) is 4.90 Å². The molecular formula is C33H43N2O7+. The van der Waals surface area contributed by atoms with E-state index in [1.165, 1.54) is 13.2 Å². The average molecular weight is 580 g/mol. The van der Waals surface area contributed by atoms with Gasteiger partial charge in [0.15, 0.2) is 12.3 Å². The Hall–Kier alpha value is -3.82. The summed E-state index contributed by atoms with van der Waals surface area (Å²) in [5.41, 5.74) is 0.846. The van der Waals surface area contributed by atoms with Gasteiger partial charge in [0, 0.05) is 19.2 Å². The highest BCUT2D eigenvalue weighted by atomic mass is 16.5. The molecule has 0 radical (unpaired) electrons. The Morgan fingerprint density at radius 1 is 1.12 bits per heavy atom. The lowest BCUT2D eigenvalue weighted by molar-refractivity contribution is -0.883. The molecule has 1 saturated heterocycles. The molecule has 0 atom stereocenters. The van der Waals surface area contributed by atoms with Crippen molar-refractivity contribution in [2.45, 2.75) is 32.3 Å². The molecule has 2 aromatic carbocycles. The molecule has 9 heteroatoms. The predicted octanol–water partition coefficient (Wildman–Crippen LogP) is 4.58. The lowest BCUT2D eigenvalue weighted by Gasteiger charge is -2.33. The number of ether oxygens (including phenoxy) is 4. The van der Waals surface area contributed by atoms with Gasteiger partial charge in [0.2, 0.25) is 0 Å². The highest BCUT2D eigenvalue weighted by Crippen LogP contribution is 2.43. The second-order valence-corrected chi connectivity index (χ2v) is 11.9. The smallest absolute Gasteiger partial charge is 0.277 e. The molecule has 9 nitrogen and oxygen atoms in total. The number of nitrogens with zero attached hydrogens (tertiary/aromatic N) is 2. The highest BCUT2D eigenvalue weighted by Gasteiger charge is 2.29. The first kappa shape index (κ1) is 31.1. The van der Waals surface area contributed by atoms with E-state index in [-0.39, 0.29) is 28.8 Å². The summed E-state index contributed by atoms with van der Waals surface area (Å²) in [7, 11) is 5.63. The van der Waals surface area contributed by atoms with E-state index in [2.05, 4.69) is 14.1 Å². The number of rotatable bonds is 12. The van der Waals surface area contributed by atoms with Crippen molar-refractivity contribution in [2.75, 3.05) is 67.2 Å². The van der Waals surface area contributed by atoms with Crippen LogP contribution in [0.2, 0.25) is 0 Å². The molecule has 2 aromatic rings. The second-order valence-electron chi connectivity index (χ2n) is 11.9. The molecule has 0 unspecified atom stereocenters. The minimum atomic E-state index is -0.521. The number of phenols is 1. The first-order valence-corrected chi connectivity index (χ1v) is 14.4. The molecule has 4 rings (SSSR count). The SMILES string of the molecule is COc1cc2c(c(O)c1C(=O)/C=C/c1ccc(OCCCC[N+](C)(C)CC(=O)N3CCOCC3)cc1)C=CC(C)(C)O2. The number of morpholine rings is 1. The van der Waals surface area contributed by atoms with Crippen molar-refractivity contribution < 1.29 is 38.1 Å². The maximum Gasteiger partial charge on any atom is 0.277 e. The molecule has 42 heavy (non-hydrogen) atoms. The minimum Gasteiger partial charge on any atom is -0.506 e. The lowest BCUT2D eigenvalue weighted by atomic mass is 9.97. The number of carbonyl (C=O) groups excluding carboxylic acids is 2. The molecule has 0 aromatic heterocycles. The molecule has 226 valence electrons. The van der Waals surface area contributed by atoms with Crippen LogP contribution in [0, 0.1) is 0 Å². The van der Waals surface area contributed by atoms with E-state index in [4.69, 9.17) is 18.9 Å². The van der Waals surface area contributed by atoms with Crippen LogP contribution in [0.3, 0.4) is 0 Å². The van der Waals surface area contributed by atoms with Crippen molar-refractivity contribution in [3.05, 3.63) is 59.2 Å². The van der Waals surface area contributed by atoms with Gasteiger partial charge >= 0.3 is 0 Å². The van der Waals surface area contributed by atoms with Crippen LogP contribution < -0.4 is 14.2 Å². The van der Waals surface area contributed by atoms with Crippen LogP contribution in [-0.2, 0) is 9.53 Å². The molecule has 0 saturated carbocycles. The summed E-state index contributed by atoms with van der Waals surface area (Å²) in [5, 5.41) is 10.9. The summed E-state index contributed by atoms with van der Waals surface area (Å²) in [4.78, 5) is 27.5. The summed E-state index contributed by atoms with van der Waals surface area (Å²) in [6.45, 7) is 8.37. The number of quaternary nitrogens is 1. The number of carbonyl (C=O) groups is 2. The van der Waals surface area contributed by atoms with Crippen LogP contribution in [0.5, 0.6) is 23.0 Å². The molecule has 1 amide bonds. The number of fused-ring (bicyclic) bond motifs is 1. The van der Waals surface area contributed by atoms with Crippen molar-refractivity contribution in [1.29, 1.82) is 0 Å². The summed E-state index contributed by atoms with van der Waals surface area (Å²) in [6.07, 6.45) is 8.54. The Bertz CT molecular complexity index is 1320. The van der Waals surface area contributed by atoms with Crippen LogP contribution in [0.15, 0.2) is 42.5 Å². The molecule has 2 aliphatic rings. The number of hydrogen-bond acceptors (Lipinski definition) is 7. The molecule has 0 bridgehead atoms. The lowest BCUT2D eigenvalue weighted by Crippen LogP contribution is -2.51. The van der Waals surface area contributed by atoms with E-state index in [1.807, 2.05) is 49.1 Å². The van der Waals surface area contributed by atoms with E-state index in [0.29, 0.717) is 55.3 Å². The molecule has 0 spiro atoms. The number of allylic oxidation sites excluding steroid dienone is 1. The number of methoxy groups -OCH3 is 1.